The van der Waals surface area contributed by atoms with Gasteiger partial charge in [-0.2, -0.15) is 0 Å². The zero-order chi connectivity index (χ0) is 12.4. The van der Waals surface area contributed by atoms with E-state index in [0.717, 1.165) is 16.1 Å². The van der Waals surface area contributed by atoms with Crippen molar-refractivity contribution in [3.05, 3.63) is 16.1 Å². The van der Waals surface area contributed by atoms with Crippen molar-refractivity contribution in [1.82, 2.24) is 9.55 Å². The fourth-order valence-corrected chi connectivity index (χ4v) is 3.06. The summed E-state index contributed by atoms with van der Waals surface area (Å²) in [6, 6.07) is 0. The normalized spacial score (nSPS) is 16.6. The van der Waals surface area contributed by atoms with E-state index in [1.807, 2.05) is 11.6 Å². The van der Waals surface area contributed by atoms with Crippen LogP contribution in [0.3, 0.4) is 0 Å². The third-order valence-electron chi connectivity index (χ3n) is 3.45. The summed E-state index contributed by atoms with van der Waals surface area (Å²) in [5.41, 5.74) is 1.12. The molecule has 1 aromatic rings. The predicted octanol–water partition coefficient (Wildman–Crippen LogP) is 2.86. The molecule has 4 nitrogen and oxygen atoms in total. The van der Waals surface area contributed by atoms with Crippen molar-refractivity contribution in [2.75, 3.05) is 0 Å². The first kappa shape index (κ1) is 12.6. The second kappa shape index (κ2) is 5.21. The third kappa shape index (κ3) is 2.70. The Morgan fingerprint density at radius 1 is 1.53 bits per heavy atom. The molecule has 1 aliphatic carbocycles. The van der Waals surface area contributed by atoms with Crippen LogP contribution >= 0.6 is 15.9 Å². The second-order valence-corrected chi connectivity index (χ2v) is 5.39. The molecule has 0 atom stereocenters. The Hall–Kier alpha value is -0.840. The lowest BCUT2D eigenvalue weighted by Crippen LogP contribution is -2.03. The molecule has 0 spiro atoms. The number of hydrogen-bond donors (Lipinski definition) is 1. The number of nitrogens with zero attached hydrogens (tertiary/aromatic N) is 2. The van der Waals surface area contributed by atoms with Crippen LogP contribution in [-0.2, 0) is 18.3 Å². The lowest BCUT2D eigenvalue weighted by molar-refractivity contribution is -0.137. The highest BCUT2D eigenvalue weighted by Crippen LogP contribution is 2.37. The van der Waals surface area contributed by atoms with Gasteiger partial charge in [0.25, 0.3) is 0 Å². The highest BCUT2D eigenvalue weighted by atomic mass is 79.9. The summed E-state index contributed by atoms with van der Waals surface area (Å²) in [5, 5.41) is 8.70. The summed E-state index contributed by atoms with van der Waals surface area (Å²) in [6.07, 6.45) is 5.59. The van der Waals surface area contributed by atoms with Gasteiger partial charge >= 0.3 is 5.97 Å². The standard InChI is InChI=1S/C12H17BrN2O2/c1-15-9(6-7-10(16)17)14-11(12(15)13)8-4-2-3-5-8/h8H,2-7H2,1H3,(H,16,17). The fourth-order valence-electron chi connectivity index (χ4n) is 2.45. The monoisotopic (exact) mass is 300 g/mol. The minimum Gasteiger partial charge on any atom is -0.481 e. The van der Waals surface area contributed by atoms with E-state index >= 15 is 0 Å². The summed E-state index contributed by atoms with van der Waals surface area (Å²) < 4.78 is 2.99. The number of imidazole rings is 1. The van der Waals surface area contributed by atoms with E-state index in [1.54, 1.807) is 0 Å². The topological polar surface area (TPSA) is 55.1 Å². The van der Waals surface area contributed by atoms with Crippen LogP contribution in [0.25, 0.3) is 0 Å². The molecule has 0 radical (unpaired) electrons. The second-order valence-electron chi connectivity index (χ2n) is 4.64. The van der Waals surface area contributed by atoms with Gasteiger partial charge in [0.1, 0.15) is 10.4 Å². The van der Waals surface area contributed by atoms with Crippen molar-refractivity contribution >= 4 is 21.9 Å². The molecule has 1 aromatic heterocycles. The molecule has 5 heteroatoms. The average Bonchev–Trinajstić information content (AvgIpc) is 2.88. The van der Waals surface area contributed by atoms with E-state index < -0.39 is 5.97 Å². The molecule has 1 saturated carbocycles. The number of aryl methyl sites for hydroxylation is 1. The van der Waals surface area contributed by atoms with Gasteiger partial charge in [-0.05, 0) is 28.8 Å². The van der Waals surface area contributed by atoms with Crippen LogP contribution in [-0.4, -0.2) is 20.6 Å². The number of aromatic nitrogens is 2. The summed E-state index contributed by atoms with van der Waals surface area (Å²) in [5.74, 6) is 0.641. The van der Waals surface area contributed by atoms with Gasteiger partial charge < -0.3 is 9.67 Å². The highest BCUT2D eigenvalue weighted by Gasteiger charge is 2.24. The fraction of sp³-hybridized carbons (Fsp3) is 0.667. The number of hydrogen-bond acceptors (Lipinski definition) is 2. The molecule has 0 saturated heterocycles. The van der Waals surface area contributed by atoms with Gasteiger partial charge in [0.05, 0.1) is 12.1 Å². The third-order valence-corrected chi connectivity index (χ3v) is 4.39. The molecule has 94 valence electrons. The van der Waals surface area contributed by atoms with Crippen LogP contribution in [0.1, 0.15) is 49.5 Å². The quantitative estimate of drug-likeness (QED) is 0.930. The van der Waals surface area contributed by atoms with Gasteiger partial charge in [-0.1, -0.05) is 12.8 Å². The zero-order valence-electron chi connectivity index (χ0n) is 9.95. The summed E-state index contributed by atoms with van der Waals surface area (Å²) in [6.45, 7) is 0. The Labute approximate surface area is 109 Å². The number of halogens is 1. The molecule has 0 unspecified atom stereocenters. The van der Waals surface area contributed by atoms with Crippen LogP contribution < -0.4 is 0 Å². The van der Waals surface area contributed by atoms with Crippen molar-refractivity contribution in [3.8, 4) is 0 Å². The number of rotatable bonds is 4. The Morgan fingerprint density at radius 2 is 2.18 bits per heavy atom. The number of aliphatic carboxylic acids is 1. The molecule has 1 N–H and O–H groups in total. The van der Waals surface area contributed by atoms with E-state index in [1.165, 1.54) is 25.7 Å². The number of carbonyl (C=O) groups is 1. The van der Waals surface area contributed by atoms with E-state index in [2.05, 4.69) is 20.9 Å². The lowest BCUT2D eigenvalue weighted by atomic mass is 10.1. The van der Waals surface area contributed by atoms with Gasteiger partial charge in [-0.3, -0.25) is 4.79 Å². The molecule has 0 aliphatic heterocycles. The van der Waals surface area contributed by atoms with E-state index in [9.17, 15) is 4.79 Å². The molecule has 0 aromatic carbocycles. The highest BCUT2D eigenvalue weighted by molar-refractivity contribution is 9.10. The number of carboxylic acids is 1. The molecule has 0 bridgehead atoms. The van der Waals surface area contributed by atoms with Crippen LogP contribution in [0.15, 0.2) is 4.60 Å². The molecular weight excluding hydrogens is 284 g/mol. The predicted molar refractivity (Wildman–Crippen MR) is 68.1 cm³/mol. The van der Waals surface area contributed by atoms with Crippen molar-refractivity contribution in [3.63, 3.8) is 0 Å². The van der Waals surface area contributed by atoms with E-state index in [0.29, 0.717) is 12.3 Å². The van der Waals surface area contributed by atoms with Crippen molar-refractivity contribution in [2.45, 2.75) is 44.4 Å². The first-order chi connectivity index (χ1) is 8.09. The Balaban J connectivity index is 2.17. The maximum Gasteiger partial charge on any atom is 0.303 e. The van der Waals surface area contributed by atoms with Crippen LogP contribution in [0, 0.1) is 0 Å². The molecule has 1 heterocycles. The smallest absolute Gasteiger partial charge is 0.303 e. The summed E-state index contributed by atoms with van der Waals surface area (Å²) in [4.78, 5) is 15.2. The summed E-state index contributed by atoms with van der Waals surface area (Å²) in [7, 11) is 1.94. The maximum atomic E-state index is 10.6. The molecule has 17 heavy (non-hydrogen) atoms. The molecule has 0 amide bonds. The first-order valence-electron chi connectivity index (χ1n) is 6.02. The van der Waals surface area contributed by atoms with Gasteiger partial charge in [0.15, 0.2) is 0 Å². The van der Waals surface area contributed by atoms with Crippen LogP contribution in [0.2, 0.25) is 0 Å². The van der Waals surface area contributed by atoms with Crippen LogP contribution in [0.5, 0.6) is 0 Å². The van der Waals surface area contributed by atoms with Gasteiger partial charge in [0, 0.05) is 19.4 Å². The first-order valence-corrected chi connectivity index (χ1v) is 6.81. The summed E-state index contributed by atoms with van der Waals surface area (Å²) >= 11 is 3.57. The van der Waals surface area contributed by atoms with Gasteiger partial charge in [-0.25, -0.2) is 4.98 Å². The van der Waals surface area contributed by atoms with E-state index in [4.69, 9.17) is 5.11 Å². The Kier molecular flexibility index (Phi) is 3.86. The van der Waals surface area contributed by atoms with Crippen molar-refractivity contribution < 1.29 is 9.90 Å². The Bertz CT molecular complexity index is 422. The number of carboxylic acid groups (broad SMARTS) is 1. The Morgan fingerprint density at radius 3 is 2.76 bits per heavy atom. The van der Waals surface area contributed by atoms with E-state index in [-0.39, 0.29) is 6.42 Å². The molecule has 2 rings (SSSR count). The maximum absolute atomic E-state index is 10.6. The van der Waals surface area contributed by atoms with Crippen molar-refractivity contribution in [2.24, 2.45) is 7.05 Å². The zero-order valence-corrected chi connectivity index (χ0v) is 11.5. The minimum atomic E-state index is -0.772. The van der Waals surface area contributed by atoms with Crippen LogP contribution in [0.4, 0.5) is 0 Å². The minimum absolute atomic E-state index is 0.140. The molecule has 1 fully saturated rings. The van der Waals surface area contributed by atoms with Crippen molar-refractivity contribution in [1.29, 1.82) is 0 Å². The molecular formula is C12H17BrN2O2. The molecule has 1 aliphatic rings. The SMILES string of the molecule is Cn1c(CCC(=O)O)nc(C2CCCC2)c1Br. The lowest BCUT2D eigenvalue weighted by Gasteiger charge is -2.05. The average molecular weight is 301 g/mol. The van der Waals surface area contributed by atoms with Gasteiger partial charge in [0.2, 0.25) is 0 Å². The largest absolute Gasteiger partial charge is 0.481 e. The van der Waals surface area contributed by atoms with Gasteiger partial charge in [-0.15, -0.1) is 0 Å².